The predicted molar refractivity (Wildman–Crippen MR) is 63.1 cm³/mol. The minimum atomic E-state index is 0.0167. The molecule has 0 aromatic heterocycles. The molecule has 0 bridgehead atoms. The van der Waals surface area contributed by atoms with E-state index in [2.05, 4.69) is 51.1 Å². The molecule has 1 aromatic carbocycles. The molecule has 1 nitrogen and oxygen atoms in total. The van der Waals surface area contributed by atoms with Gasteiger partial charge in [0.05, 0.1) is 5.60 Å². The third-order valence-corrected chi connectivity index (χ3v) is 3.43. The fourth-order valence-electron chi connectivity index (χ4n) is 2.72. The van der Waals surface area contributed by atoms with Crippen molar-refractivity contribution in [2.45, 2.75) is 44.6 Å². The van der Waals surface area contributed by atoms with E-state index in [1.807, 2.05) is 0 Å². The maximum absolute atomic E-state index is 5.78. The van der Waals surface area contributed by atoms with Gasteiger partial charge in [0.1, 0.15) is 0 Å². The second-order valence-electron chi connectivity index (χ2n) is 5.46. The van der Waals surface area contributed by atoms with Gasteiger partial charge in [0, 0.05) is 6.61 Å². The monoisotopic (exact) mass is 204 g/mol. The van der Waals surface area contributed by atoms with Crippen LogP contribution in [-0.4, -0.2) is 12.2 Å². The van der Waals surface area contributed by atoms with E-state index >= 15 is 0 Å². The lowest BCUT2D eigenvalue weighted by Crippen LogP contribution is -2.42. The largest absolute Gasteiger partial charge is 0.376 e. The van der Waals surface area contributed by atoms with Crippen LogP contribution >= 0.6 is 0 Å². The van der Waals surface area contributed by atoms with Gasteiger partial charge < -0.3 is 4.74 Å². The molecule has 0 saturated carbocycles. The molecular weight excluding hydrogens is 184 g/mol. The summed E-state index contributed by atoms with van der Waals surface area (Å²) in [5.74, 6) is 0. The van der Waals surface area contributed by atoms with E-state index < -0.39 is 0 Å². The first kappa shape index (κ1) is 10.7. The Bertz CT molecular complexity index is 328. The number of rotatable bonds is 1. The molecule has 1 unspecified atom stereocenters. The van der Waals surface area contributed by atoms with Gasteiger partial charge in [0.2, 0.25) is 0 Å². The van der Waals surface area contributed by atoms with Crippen LogP contribution in [0.25, 0.3) is 0 Å². The van der Waals surface area contributed by atoms with Crippen molar-refractivity contribution >= 4 is 0 Å². The molecule has 0 N–H and O–H groups in total. The highest BCUT2D eigenvalue weighted by atomic mass is 16.5. The van der Waals surface area contributed by atoms with Gasteiger partial charge in [-0.25, -0.2) is 0 Å². The molecule has 15 heavy (non-hydrogen) atoms. The SMILES string of the molecule is CC1(C)CC(C)(c2ccccc2)CCO1. The van der Waals surface area contributed by atoms with Crippen molar-refractivity contribution in [1.82, 2.24) is 0 Å². The predicted octanol–water partition coefficient (Wildman–Crippen LogP) is 3.53. The summed E-state index contributed by atoms with van der Waals surface area (Å²) in [6.45, 7) is 7.60. The topological polar surface area (TPSA) is 9.23 Å². The van der Waals surface area contributed by atoms with Crippen LogP contribution in [0.2, 0.25) is 0 Å². The first-order valence-corrected chi connectivity index (χ1v) is 5.71. The second-order valence-corrected chi connectivity index (χ2v) is 5.46. The Labute approximate surface area is 92.5 Å². The van der Waals surface area contributed by atoms with E-state index in [-0.39, 0.29) is 11.0 Å². The summed E-state index contributed by atoms with van der Waals surface area (Å²) in [6, 6.07) is 10.8. The van der Waals surface area contributed by atoms with Gasteiger partial charge in [-0.05, 0) is 37.7 Å². The maximum atomic E-state index is 5.78. The highest BCUT2D eigenvalue weighted by Gasteiger charge is 2.38. The van der Waals surface area contributed by atoms with Gasteiger partial charge >= 0.3 is 0 Å². The molecule has 0 aliphatic carbocycles. The summed E-state index contributed by atoms with van der Waals surface area (Å²) in [7, 11) is 0. The third kappa shape index (κ3) is 2.23. The highest BCUT2D eigenvalue weighted by Crippen LogP contribution is 2.40. The van der Waals surface area contributed by atoms with Crippen molar-refractivity contribution in [3.05, 3.63) is 35.9 Å². The first-order chi connectivity index (χ1) is 7.02. The molecule has 1 saturated heterocycles. The molecule has 0 spiro atoms. The van der Waals surface area contributed by atoms with E-state index in [9.17, 15) is 0 Å². The summed E-state index contributed by atoms with van der Waals surface area (Å²) in [6.07, 6.45) is 2.23. The quantitative estimate of drug-likeness (QED) is 0.680. The fraction of sp³-hybridized carbons (Fsp3) is 0.571. The van der Waals surface area contributed by atoms with Gasteiger partial charge in [-0.2, -0.15) is 0 Å². The van der Waals surface area contributed by atoms with Gasteiger partial charge in [-0.15, -0.1) is 0 Å². The van der Waals surface area contributed by atoms with Crippen molar-refractivity contribution in [3.8, 4) is 0 Å². The Morgan fingerprint density at radius 3 is 2.33 bits per heavy atom. The number of benzene rings is 1. The standard InChI is InChI=1S/C14H20O/c1-13(2)11-14(3,9-10-15-13)12-7-5-4-6-8-12/h4-8H,9-11H2,1-3H3. The lowest BCUT2D eigenvalue weighted by Gasteiger charge is -2.43. The molecule has 1 heterocycles. The minimum Gasteiger partial charge on any atom is -0.376 e. The zero-order chi connectivity index (χ0) is 10.9. The van der Waals surface area contributed by atoms with Crippen molar-refractivity contribution in [1.29, 1.82) is 0 Å². The van der Waals surface area contributed by atoms with Crippen LogP contribution < -0.4 is 0 Å². The zero-order valence-electron chi connectivity index (χ0n) is 9.92. The van der Waals surface area contributed by atoms with Gasteiger partial charge in [-0.3, -0.25) is 0 Å². The Morgan fingerprint density at radius 1 is 1.07 bits per heavy atom. The fourth-order valence-corrected chi connectivity index (χ4v) is 2.72. The van der Waals surface area contributed by atoms with E-state index in [1.165, 1.54) is 5.56 Å². The average molecular weight is 204 g/mol. The number of ether oxygens (including phenoxy) is 1. The van der Waals surface area contributed by atoms with Crippen LogP contribution in [-0.2, 0) is 10.2 Å². The van der Waals surface area contributed by atoms with Crippen molar-refractivity contribution in [3.63, 3.8) is 0 Å². The number of hydrogen-bond acceptors (Lipinski definition) is 1. The summed E-state index contributed by atoms with van der Waals surface area (Å²) < 4.78 is 5.78. The van der Waals surface area contributed by atoms with E-state index in [1.54, 1.807) is 0 Å². The Hall–Kier alpha value is -0.820. The van der Waals surface area contributed by atoms with E-state index in [4.69, 9.17) is 4.74 Å². The molecule has 1 atom stereocenters. The normalized spacial score (nSPS) is 30.1. The third-order valence-electron chi connectivity index (χ3n) is 3.43. The molecule has 2 rings (SSSR count). The Morgan fingerprint density at radius 2 is 1.73 bits per heavy atom. The highest BCUT2D eigenvalue weighted by molar-refractivity contribution is 5.25. The van der Waals surface area contributed by atoms with E-state index in [0.29, 0.717) is 0 Å². The van der Waals surface area contributed by atoms with Crippen molar-refractivity contribution < 1.29 is 4.74 Å². The molecule has 0 radical (unpaired) electrons. The Balaban J connectivity index is 2.27. The van der Waals surface area contributed by atoms with Crippen molar-refractivity contribution in [2.24, 2.45) is 0 Å². The second kappa shape index (κ2) is 3.64. The zero-order valence-corrected chi connectivity index (χ0v) is 9.92. The van der Waals surface area contributed by atoms with Crippen LogP contribution in [0.5, 0.6) is 0 Å². The van der Waals surface area contributed by atoms with Crippen LogP contribution in [0, 0.1) is 0 Å². The average Bonchev–Trinajstić information content (AvgIpc) is 2.17. The molecule has 1 aromatic rings. The molecule has 0 amide bonds. The first-order valence-electron chi connectivity index (χ1n) is 5.71. The smallest absolute Gasteiger partial charge is 0.0634 e. The van der Waals surface area contributed by atoms with Crippen LogP contribution in [0.1, 0.15) is 39.2 Å². The minimum absolute atomic E-state index is 0.0167. The summed E-state index contributed by atoms with van der Waals surface area (Å²) >= 11 is 0. The Kier molecular flexibility index (Phi) is 2.59. The molecule has 1 heteroatoms. The van der Waals surface area contributed by atoms with Crippen molar-refractivity contribution in [2.75, 3.05) is 6.61 Å². The molecule has 1 aliphatic rings. The molecular formula is C14H20O. The summed E-state index contributed by atoms with van der Waals surface area (Å²) in [5, 5.41) is 0. The maximum Gasteiger partial charge on any atom is 0.0634 e. The number of hydrogen-bond donors (Lipinski definition) is 0. The molecule has 82 valence electrons. The van der Waals surface area contributed by atoms with Crippen LogP contribution in [0.3, 0.4) is 0 Å². The van der Waals surface area contributed by atoms with Gasteiger partial charge in [-0.1, -0.05) is 37.3 Å². The van der Waals surface area contributed by atoms with Crippen LogP contribution in [0.15, 0.2) is 30.3 Å². The summed E-state index contributed by atoms with van der Waals surface area (Å²) in [4.78, 5) is 0. The van der Waals surface area contributed by atoms with E-state index in [0.717, 1.165) is 19.4 Å². The summed E-state index contributed by atoms with van der Waals surface area (Å²) in [5.41, 5.74) is 1.74. The lowest BCUT2D eigenvalue weighted by molar-refractivity contribution is -0.0787. The van der Waals surface area contributed by atoms with Gasteiger partial charge in [0.25, 0.3) is 0 Å². The van der Waals surface area contributed by atoms with Gasteiger partial charge in [0.15, 0.2) is 0 Å². The molecule has 1 fully saturated rings. The van der Waals surface area contributed by atoms with Crippen LogP contribution in [0.4, 0.5) is 0 Å². The lowest BCUT2D eigenvalue weighted by atomic mass is 9.71. The molecule has 1 aliphatic heterocycles.